The molecule has 0 radical (unpaired) electrons. The number of carbonyl (C=O) groups excluding carboxylic acids is 3. The molecule has 3 aliphatic heterocycles. The molecule has 4 fully saturated rings. The zero-order chi connectivity index (χ0) is 26.0. The quantitative estimate of drug-likeness (QED) is 0.459. The van der Waals surface area contributed by atoms with Crippen LogP contribution >= 0.6 is 0 Å². The van der Waals surface area contributed by atoms with Crippen LogP contribution in [-0.2, 0) is 14.4 Å². The molecular formula is C28H41N5O4. The van der Waals surface area contributed by atoms with Gasteiger partial charge in [0.2, 0.25) is 17.7 Å². The van der Waals surface area contributed by atoms with Crippen molar-refractivity contribution in [2.45, 2.75) is 63.1 Å². The van der Waals surface area contributed by atoms with E-state index in [2.05, 4.69) is 22.5 Å². The van der Waals surface area contributed by atoms with Crippen molar-refractivity contribution in [1.29, 1.82) is 0 Å². The van der Waals surface area contributed by atoms with Crippen molar-refractivity contribution in [2.24, 2.45) is 11.8 Å². The van der Waals surface area contributed by atoms with E-state index in [9.17, 15) is 19.5 Å². The van der Waals surface area contributed by atoms with E-state index in [0.717, 1.165) is 12.1 Å². The molecule has 9 nitrogen and oxygen atoms in total. The Bertz CT molecular complexity index is 970. The first-order chi connectivity index (χ1) is 17.8. The van der Waals surface area contributed by atoms with E-state index in [4.69, 9.17) is 0 Å². The zero-order valence-corrected chi connectivity index (χ0v) is 21.9. The van der Waals surface area contributed by atoms with Gasteiger partial charge in [-0.1, -0.05) is 37.3 Å². The Morgan fingerprint density at radius 1 is 1.16 bits per heavy atom. The largest absolute Gasteiger partial charge is 0.388 e. The second-order valence-electron chi connectivity index (χ2n) is 11.6. The maximum absolute atomic E-state index is 12.9. The summed E-state index contributed by atoms with van der Waals surface area (Å²) in [6.07, 6.45) is 4.12. The molecule has 1 unspecified atom stereocenters. The smallest absolute Gasteiger partial charge is 0.226 e. The van der Waals surface area contributed by atoms with E-state index in [1.54, 1.807) is 4.90 Å². The van der Waals surface area contributed by atoms with Gasteiger partial charge in [0.1, 0.15) is 0 Å². The normalized spacial score (nSPS) is 25.5. The highest BCUT2D eigenvalue weighted by atomic mass is 16.3. The number of aliphatic hydroxyl groups is 1. The number of nitrogens with one attached hydrogen (secondary N) is 2. The third kappa shape index (κ3) is 6.51. The number of β-amino-alcohol motifs (C(OH)–C–C–N with tert-alkyl or cyclic N) is 1. The zero-order valence-electron chi connectivity index (χ0n) is 21.9. The lowest BCUT2D eigenvalue weighted by molar-refractivity contribution is -0.149. The lowest BCUT2D eigenvalue weighted by Crippen LogP contribution is -2.66. The van der Waals surface area contributed by atoms with Crippen LogP contribution in [0.4, 0.5) is 0 Å². The molecule has 1 aromatic carbocycles. The molecule has 0 aromatic heterocycles. The summed E-state index contributed by atoms with van der Waals surface area (Å²) >= 11 is 0. The molecule has 1 saturated carbocycles. The predicted octanol–water partition coefficient (Wildman–Crippen LogP) is 1.10. The van der Waals surface area contributed by atoms with Crippen LogP contribution in [0.15, 0.2) is 30.3 Å². The average molecular weight is 512 g/mol. The van der Waals surface area contributed by atoms with Gasteiger partial charge in [0.25, 0.3) is 0 Å². The fraction of sp³-hybridized carbons (Fsp3) is 0.679. The molecule has 3 amide bonds. The molecule has 202 valence electrons. The second-order valence-corrected chi connectivity index (χ2v) is 11.6. The Morgan fingerprint density at radius 3 is 2.51 bits per heavy atom. The van der Waals surface area contributed by atoms with Crippen LogP contribution < -0.4 is 10.6 Å². The monoisotopic (exact) mass is 511 g/mol. The molecule has 9 heteroatoms. The highest BCUT2D eigenvalue weighted by Crippen LogP contribution is 2.29. The van der Waals surface area contributed by atoms with E-state index in [1.165, 1.54) is 12.8 Å². The van der Waals surface area contributed by atoms with Crippen LogP contribution in [-0.4, -0.2) is 95.2 Å². The maximum atomic E-state index is 12.9. The summed E-state index contributed by atoms with van der Waals surface area (Å²) in [6, 6.07) is 10.1. The van der Waals surface area contributed by atoms with E-state index >= 15 is 0 Å². The summed E-state index contributed by atoms with van der Waals surface area (Å²) in [5.41, 5.74) is 0.178. The van der Waals surface area contributed by atoms with Gasteiger partial charge in [0, 0.05) is 39.1 Å². The summed E-state index contributed by atoms with van der Waals surface area (Å²) in [4.78, 5) is 43.7. The third-order valence-electron chi connectivity index (χ3n) is 8.60. The predicted molar refractivity (Wildman–Crippen MR) is 139 cm³/mol. The Kier molecular flexibility index (Phi) is 7.83. The molecule has 2 atom stereocenters. The Morgan fingerprint density at radius 2 is 1.86 bits per heavy atom. The van der Waals surface area contributed by atoms with Gasteiger partial charge < -0.3 is 20.2 Å². The number of nitrogens with zero attached hydrogens (tertiary/aromatic N) is 3. The number of likely N-dealkylation sites (tertiary alicyclic amines) is 2. The van der Waals surface area contributed by atoms with Crippen LogP contribution in [0.3, 0.4) is 0 Å². The van der Waals surface area contributed by atoms with Crippen LogP contribution in [0, 0.1) is 11.8 Å². The van der Waals surface area contributed by atoms with E-state index in [1.807, 2.05) is 35.2 Å². The van der Waals surface area contributed by atoms with Crippen molar-refractivity contribution in [3.63, 3.8) is 0 Å². The standard InChI is InChI=1S/C28H41N5O4/c1-20(22-5-3-2-4-6-22)13-25(34)31-11-9-28(37,10-12-31)18-33-19-30-24(14-26(33)35)32-16-23(17-32)27(36)29-15-21-7-8-21/h2-6,20-21,23-24,30,37H,7-19H2,1H3,(H,29,36)/t20-,24?/m1/s1. The van der Waals surface area contributed by atoms with Crippen molar-refractivity contribution in [3.05, 3.63) is 35.9 Å². The van der Waals surface area contributed by atoms with E-state index < -0.39 is 5.60 Å². The van der Waals surface area contributed by atoms with Gasteiger partial charge in [0.15, 0.2) is 0 Å². The summed E-state index contributed by atoms with van der Waals surface area (Å²) in [5, 5.41) is 17.7. The number of hydrogen-bond acceptors (Lipinski definition) is 6. The number of piperidine rings is 1. The molecule has 0 spiro atoms. The molecule has 5 rings (SSSR count). The first kappa shape index (κ1) is 26.1. The summed E-state index contributed by atoms with van der Waals surface area (Å²) < 4.78 is 0. The SMILES string of the molecule is C[C@H](CC(=O)N1CCC(O)(CN2CNC(N3CC(C(=O)NCC4CC4)C3)CC2=O)CC1)c1ccccc1. The number of hydrogen-bond donors (Lipinski definition) is 3. The van der Waals surface area contributed by atoms with Gasteiger partial charge in [-0.2, -0.15) is 0 Å². The number of rotatable bonds is 9. The van der Waals surface area contributed by atoms with Crippen molar-refractivity contribution in [2.75, 3.05) is 45.9 Å². The van der Waals surface area contributed by atoms with Crippen LogP contribution in [0.1, 0.15) is 56.9 Å². The van der Waals surface area contributed by atoms with Crippen LogP contribution in [0.2, 0.25) is 0 Å². The lowest BCUT2D eigenvalue weighted by atomic mass is 9.89. The minimum Gasteiger partial charge on any atom is -0.388 e. The van der Waals surface area contributed by atoms with Crippen LogP contribution in [0.25, 0.3) is 0 Å². The first-order valence-electron chi connectivity index (χ1n) is 13.9. The van der Waals surface area contributed by atoms with Gasteiger partial charge in [-0.3, -0.25) is 24.6 Å². The number of benzene rings is 1. The molecule has 3 heterocycles. The second kappa shape index (κ2) is 11.1. The van der Waals surface area contributed by atoms with Gasteiger partial charge in [-0.05, 0) is 43.1 Å². The molecule has 0 bridgehead atoms. The highest BCUT2D eigenvalue weighted by Gasteiger charge is 2.42. The fourth-order valence-electron chi connectivity index (χ4n) is 5.69. The van der Waals surface area contributed by atoms with Gasteiger partial charge >= 0.3 is 0 Å². The molecule has 3 N–H and O–H groups in total. The van der Waals surface area contributed by atoms with E-state index in [-0.39, 0.29) is 42.3 Å². The first-order valence-corrected chi connectivity index (χ1v) is 13.9. The summed E-state index contributed by atoms with van der Waals surface area (Å²) in [7, 11) is 0. The number of carbonyl (C=O) groups is 3. The molecular weight excluding hydrogens is 470 g/mol. The Balaban J connectivity index is 1.02. The van der Waals surface area contributed by atoms with Crippen molar-refractivity contribution in [1.82, 2.24) is 25.3 Å². The van der Waals surface area contributed by atoms with Crippen molar-refractivity contribution >= 4 is 17.7 Å². The topological polar surface area (TPSA) is 105 Å². The van der Waals surface area contributed by atoms with Gasteiger partial charge in [-0.25, -0.2) is 0 Å². The molecule has 1 aromatic rings. The van der Waals surface area contributed by atoms with Crippen molar-refractivity contribution in [3.8, 4) is 0 Å². The molecule has 3 saturated heterocycles. The minimum atomic E-state index is -0.979. The Labute approximate surface area is 219 Å². The minimum absolute atomic E-state index is 0.0120. The molecule has 4 aliphatic rings. The van der Waals surface area contributed by atoms with Gasteiger partial charge in [0.05, 0.1) is 37.3 Å². The third-order valence-corrected chi connectivity index (χ3v) is 8.60. The van der Waals surface area contributed by atoms with E-state index in [0.29, 0.717) is 64.4 Å². The molecule has 37 heavy (non-hydrogen) atoms. The maximum Gasteiger partial charge on any atom is 0.226 e. The average Bonchev–Trinajstić information content (AvgIpc) is 3.69. The molecule has 1 aliphatic carbocycles. The lowest BCUT2D eigenvalue weighted by Gasteiger charge is -2.48. The highest BCUT2D eigenvalue weighted by molar-refractivity contribution is 5.80. The van der Waals surface area contributed by atoms with Crippen molar-refractivity contribution < 1.29 is 19.5 Å². The summed E-state index contributed by atoms with van der Waals surface area (Å²) in [5.74, 6) is 1.11. The number of amides is 3. The Hall–Kier alpha value is -2.49. The summed E-state index contributed by atoms with van der Waals surface area (Å²) in [6.45, 7) is 5.90. The fourth-order valence-corrected chi connectivity index (χ4v) is 5.69. The van der Waals surface area contributed by atoms with Crippen LogP contribution in [0.5, 0.6) is 0 Å². The van der Waals surface area contributed by atoms with Gasteiger partial charge in [-0.15, -0.1) is 0 Å².